The lowest BCUT2D eigenvalue weighted by Crippen LogP contribution is -2.34. The van der Waals surface area contributed by atoms with Gasteiger partial charge in [0.05, 0.1) is 17.1 Å². The van der Waals surface area contributed by atoms with Gasteiger partial charge in [-0.2, -0.15) is 13.1 Å². The van der Waals surface area contributed by atoms with Gasteiger partial charge in [0.15, 0.2) is 11.5 Å². The lowest BCUT2D eigenvalue weighted by Gasteiger charge is -2.23. The van der Waals surface area contributed by atoms with Gasteiger partial charge in [-0.1, -0.05) is 31.0 Å². The normalized spacial score (nSPS) is 13.3. The topological polar surface area (TPSA) is 143 Å². The molecular weight excluding hydrogens is 568 g/mol. The lowest BCUT2D eigenvalue weighted by atomic mass is 9.97. The number of benzene rings is 2. The lowest BCUT2D eigenvalue weighted by molar-refractivity contribution is 0.0941. The minimum atomic E-state index is -4.01. The maximum absolute atomic E-state index is 14.3. The zero-order chi connectivity index (χ0) is 30.5. The molecule has 3 N–H and O–H groups in total. The Hall–Kier alpha value is -5.19. The van der Waals surface area contributed by atoms with Crippen LogP contribution in [-0.4, -0.2) is 47.1 Å². The number of anilines is 2. The Kier molecular flexibility index (Phi) is 6.87. The fourth-order valence-electron chi connectivity index (χ4n) is 5.67. The monoisotopic (exact) mass is 596 g/mol. The van der Waals surface area contributed by atoms with Gasteiger partial charge in [-0.25, -0.2) is 9.50 Å². The van der Waals surface area contributed by atoms with E-state index < -0.39 is 22.2 Å². The van der Waals surface area contributed by atoms with Crippen LogP contribution in [0.4, 0.5) is 11.5 Å². The number of pyridine rings is 1. The third-order valence-electron chi connectivity index (χ3n) is 7.37. The van der Waals surface area contributed by atoms with Gasteiger partial charge in [-0.3, -0.25) is 18.9 Å². The summed E-state index contributed by atoms with van der Waals surface area (Å²) in [4.78, 5) is 34.5. The summed E-state index contributed by atoms with van der Waals surface area (Å²) in [5.41, 5.74) is 3.20. The molecule has 5 aromatic rings. The van der Waals surface area contributed by atoms with Crippen molar-refractivity contribution in [3.8, 4) is 18.0 Å². The standard InChI is InChI=1S/C30H28N8O4S/c1-5-19-13-14-22-24-21(17-36(22)4)26(38(30(40)23(19)24)20-11-8-7-9-12-20)18(3)33-29(39)25-27(35-43(41,42)32-6-2)34-37-16-10-15-31-28(25)37/h1,7-16,18,32H,6,17H2,2-4H3,(H,33,39)(H,34,35)/t18-/m1/s1. The van der Waals surface area contributed by atoms with Crippen LogP contribution in [0.3, 0.4) is 0 Å². The Bertz CT molecular complexity index is 2130. The van der Waals surface area contributed by atoms with Gasteiger partial charge in [0.25, 0.3) is 21.7 Å². The molecule has 0 radical (unpaired) electrons. The van der Waals surface area contributed by atoms with Crippen molar-refractivity contribution in [1.29, 1.82) is 0 Å². The molecule has 0 saturated carbocycles. The predicted octanol–water partition coefficient (Wildman–Crippen LogP) is 2.72. The number of rotatable bonds is 8. The highest BCUT2D eigenvalue weighted by Gasteiger charge is 2.32. The number of hydrogen-bond acceptors (Lipinski definition) is 7. The summed E-state index contributed by atoms with van der Waals surface area (Å²) >= 11 is 0. The number of nitrogens with one attached hydrogen (secondary N) is 3. The zero-order valence-electron chi connectivity index (χ0n) is 23.6. The molecular formula is C30H28N8O4S. The number of aromatic nitrogens is 4. The maximum Gasteiger partial charge on any atom is 0.300 e. The number of terminal acetylenes is 1. The van der Waals surface area contributed by atoms with Gasteiger partial charge in [0, 0.05) is 60.4 Å². The largest absolute Gasteiger partial charge is 0.370 e. The van der Waals surface area contributed by atoms with Gasteiger partial charge in [0.2, 0.25) is 0 Å². The highest BCUT2D eigenvalue weighted by Crippen LogP contribution is 2.40. The molecule has 1 amide bonds. The SMILES string of the molecule is C#Cc1ccc2c3c(c([C@@H](C)NC(=O)c4c(NS(=O)(=O)NCC)nn5cccnc45)n(-c4ccccc4)c(=O)c13)CN2C. The second kappa shape index (κ2) is 10.6. The molecule has 0 unspecified atom stereocenters. The first-order chi connectivity index (χ1) is 20.6. The molecule has 1 aliphatic heterocycles. The van der Waals surface area contributed by atoms with E-state index in [-0.39, 0.29) is 29.1 Å². The molecule has 1 atom stereocenters. The summed E-state index contributed by atoms with van der Waals surface area (Å²) in [5.74, 6) is 1.85. The quantitative estimate of drug-likeness (QED) is 0.234. The van der Waals surface area contributed by atoms with Crippen LogP contribution in [0.25, 0.3) is 22.1 Å². The van der Waals surface area contributed by atoms with Gasteiger partial charge in [-0.05, 0) is 37.3 Å². The van der Waals surface area contributed by atoms with Crippen molar-refractivity contribution in [2.45, 2.75) is 26.4 Å². The molecule has 0 bridgehead atoms. The fourth-order valence-corrected chi connectivity index (χ4v) is 6.52. The molecule has 0 saturated heterocycles. The number of carbonyl (C=O) groups is 1. The van der Waals surface area contributed by atoms with Crippen molar-refractivity contribution >= 4 is 44.0 Å². The minimum Gasteiger partial charge on any atom is -0.370 e. The molecule has 2 aromatic carbocycles. The van der Waals surface area contributed by atoms with Gasteiger partial charge in [-0.15, -0.1) is 11.5 Å². The third-order valence-corrected chi connectivity index (χ3v) is 8.50. The molecule has 4 heterocycles. The molecule has 0 fully saturated rings. The average Bonchev–Trinajstić information content (AvgIpc) is 3.51. The molecule has 1 aliphatic rings. The molecule has 0 spiro atoms. The summed E-state index contributed by atoms with van der Waals surface area (Å²) in [6, 6.07) is 13.7. The number of carbonyl (C=O) groups excluding carboxylic acids is 1. The van der Waals surface area contributed by atoms with E-state index in [0.29, 0.717) is 28.9 Å². The summed E-state index contributed by atoms with van der Waals surface area (Å²) in [6.07, 6.45) is 8.88. The molecule has 6 rings (SSSR count). The second-order valence-electron chi connectivity index (χ2n) is 10.1. The van der Waals surface area contributed by atoms with Crippen LogP contribution < -0.4 is 25.2 Å². The first-order valence-electron chi connectivity index (χ1n) is 13.5. The van der Waals surface area contributed by atoms with Crippen molar-refractivity contribution in [3.05, 3.63) is 93.7 Å². The van der Waals surface area contributed by atoms with E-state index in [4.69, 9.17) is 6.42 Å². The van der Waals surface area contributed by atoms with Crippen molar-refractivity contribution in [1.82, 2.24) is 29.2 Å². The molecule has 0 aliphatic carbocycles. The van der Waals surface area contributed by atoms with Crippen molar-refractivity contribution in [3.63, 3.8) is 0 Å². The van der Waals surface area contributed by atoms with Gasteiger partial charge in [0.1, 0.15) is 5.56 Å². The van der Waals surface area contributed by atoms with E-state index in [1.807, 2.05) is 48.3 Å². The smallest absolute Gasteiger partial charge is 0.300 e. The predicted molar refractivity (Wildman–Crippen MR) is 165 cm³/mol. The van der Waals surface area contributed by atoms with Crippen LogP contribution in [0.2, 0.25) is 0 Å². The first kappa shape index (κ1) is 28.0. The summed E-state index contributed by atoms with van der Waals surface area (Å²) in [7, 11) is -2.08. The molecule has 218 valence electrons. The number of fused-ring (bicyclic) bond motifs is 1. The number of nitrogens with zero attached hydrogens (tertiary/aromatic N) is 5. The summed E-state index contributed by atoms with van der Waals surface area (Å²) in [5, 5.41) is 8.44. The molecule has 13 heteroatoms. The Balaban J connectivity index is 1.53. The van der Waals surface area contributed by atoms with Crippen LogP contribution >= 0.6 is 0 Å². The van der Waals surface area contributed by atoms with Gasteiger partial charge >= 0.3 is 0 Å². The molecule has 3 aromatic heterocycles. The van der Waals surface area contributed by atoms with Gasteiger partial charge < -0.3 is 10.2 Å². The first-order valence-corrected chi connectivity index (χ1v) is 15.0. The van der Waals surface area contributed by atoms with E-state index in [0.717, 1.165) is 16.6 Å². The molecule has 12 nitrogen and oxygen atoms in total. The Labute approximate surface area is 247 Å². The van der Waals surface area contributed by atoms with E-state index in [1.165, 1.54) is 10.7 Å². The van der Waals surface area contributed by atoms with Crippen molar-refractivity contribution < 1.29 is 13.2 Å². The van der Waals surface area contributed by atoms with E-state index in [2.05, 4.69) is 30.8 Å². The van der Waals surface area contributed by atoms with Crippen LogP contribution in [0.15, 0.2) is 65.7 Å². The maximum atomic E-state index is 14.3. The number of para-hydroxylation sites is 1. The minimum absolute atomic E-state index is 0.0628. The Morgan fingerprint density at radius 1 is 1.14 bits per heavy atom. The van der Waals surface area contributed by atoms with Crippen LogP contribution in [0, 0.1) is 12.3 Å². The molecule has 43 heavy (non-hydrogen) atoms. The Morgan fingerprint density at radius 3 is 2.63 bits per heavy atom. The van der Waals surface area contributed by atoms with Crippen LogP contribution in [0.1, 0.15) is 47.1 Å². The van der Waals surface area contributed by atoms with E-state index in [9.17, 15) is 18.0 Å². The fraction of sp³-hybridized carbons (Fsp3) is 0.200. The summed E-state index contributed by atoms with van der Waals surface area (Å²) < 4.78 is 32.7. The van der Waals surface area contributed by atoms with E-state index in [1.54, 1.807) is 36.7 Å². The van der Waals surface area contributed by atoms with Crippen molar-refractivity contribution in [2.75, 3.05) is 23.2 Å². The third kappa shape index (κ3) is 4.66. The van der Waals surface area contributed by atoms with Crippen LogP contribution in [0.5, 0.6) is 0 Å². The average molecular weight is 597 g/mol. The second-order valence-corrected chi connectivity index (χ2v) is 11.6. The van der Waals surface area contributed by atoms with Crippen LogP contribution in [-0.2, 0) is 16.8 Å². The highest BCUT2D eigenvalue weighted by atomic mass is 32.2. The highest BCUT2D eigenvalue weighted by molar-refractivity contribution is 7.90. The zero-order valence-corrected chi connectivity index (χ0v) is 24.4. The number of hydrogen-bond donors (Lipinski definition) is 3. The Morgan fingerprint density at radius 2 is 1.91 bits per heavy atom. The summed E-state index contributed by atoms with van der Waals surface area (Å²) in [6.45, 7) is 4.03. The van der Waals surface area contributed by atoms with Crippen molar-refractivity contribution in [2.24, 2.45) is 0 Å². The van der Waals surface area contributed by atoms with E-state index >= 15 is 0 Å². The number of amides is 1.